The molecule has 0 saturated carbocycles. The van der Waals surface area contributed by atoms with Gasteiger partial charge in [0, 0.05) is 44.7 Å². The van der Waals surface area contributed by atoms with Gasteiger partial charge in [-0.2, -0.15) is 0 Å². The fraction of sp³-hybridized carbons (Fsp3) is 0.647. The topological polar surface area (TPSA) is 60.5 Å². The second kappa shape index (κ2) is 7.20. The van der Waals surface area contributed by atoms with Crippen molar-refractivity contribution in [2.24, 2.45) is 0 Å². The van der Waals surface area contributed by atoms with Crippen LogP contribution in [-0.4, -0.2) is 42.4 Å². The molecule has 0 aromatic carbocycles. The van der Waals surface area contributed by atoms with E-state index in [1.807, 2.05) is 18.3 Å². The zero-order chi connectivity index (χ0) is 15.3. The molecule has 1 aromatic rings. The average Bonchev–Trinajstić information content (AvgIpc) is 2.55. The predicted octanol–water partition coefficient (Wildman–Crippen LogP) is 1.86. The summed E-state index contributed by atoms with van der Waals surface area (Å²) in [5, 5.41) is 3.18. The molecule has 2 aliphatic rings. The number of carbonyl (C=O) groups excluding carboxylic acids is 1. The van der Waals surface area contributed by atoms with Crippen LogP contribution >= 0.6 is 0 Å². The fourth-order valence-electron chi connectivity index (χ4n) is 3.35. The van der Waals surface area contributed by atoms with Crippen molar-refractivity contribution in [1.29, 1.82) is 0 Å². The van der Waals surface area contributed by atoms with E-state index in [1.165, 1.54) is 0 Å². The molecule has 3 rings (SSSR count). The van der Waals surface area contributed by atoms with Crippen LogP contribution in [0.3, 0.4) is 0 Å². The fourth-order valence-corrected chi connectivity index (χ4v) is 3.35. The van der Waals surface area contributed by atoms with Crippen molar-refractivity contribution in [3.63, 3.8) is 0 Å². The summed E-state index contributed by atoms with van der Waals surface area (Å²) in [6, 6.07) is 4.14. The molecule has 1 atom stereocenters. The van der Waals surface area contributed by atoms with Crippen LogP contribution in [0.15, 0.2) is 24.5 Å². The van der Waals surface area contributed by atoms with Gasteiger partial charge >= 0.3 is 0 Å². The predicted molar refractivity (Wildman–Crippen MR) is 82.5 cm³/mol. The Kier molecular flexibility index (Phi) is 5.05. The van der Waals surface area contributed by atoms with Gasteiger partial charge in [-0.1, -0.05) is 6.07 Å². The Morgan fingerprint density at radius 3 is 3.00 bits per heavy atom. The van der Waals surface area contributed by atoms with Crippen molar-refractivity contribution in [3.8, 4) is 0 Å². The Morgan fingerprint density at radius 2 is 2.23 bits per heavy atom. The third-order valence-electron chi connectivity index (χ3n) is 4.63. The number of hydrogen-bond acceptors (Lipinski definition) is 4. The van der Waals surface area contributed by atoms with Crippen LogP contribution in [0.5, 0.6) is 0 Å². The summed E-state index contributed by atoms with van der Waals surface area (Å²) in [6.07, 6.45) is 8.51. The van der Waals surface area contributed by atoms with Crippen molar-refractivity contribution in [3.05, 3.63) is 30.1 Å². The minimum absolute atomic E-state index is 0.0716. The Labute approximate surface area is 131 Å². The molecule has 0 unspecified atom stereocenters. The van der Waals surface area contributed by atoms with Crippen LogP contribution in [0.4, 0.5) is 0 Å². The molecule has 1 aromatic heterocycles. The number of ether oxygens (including phenoxy) is 2. The average molecular weight is 304 g/mol. The summed E-state index contributed by atoms with van der Waals surface area (Å²) in [5.74, 6) is 0.123. The SMILES string of the molecule is O=C(CCc1cccnc1)N[C@@H]1CCOC2(CCOCC2)C1. The standard InChI is InChI=1S/C17H24N2O3/c20-16(4-3-14-2-1-8-18-13-14)19-15-5-9-22-17(12-15)6-10-21-11-7-17/h1-2,8,13,15H,3-7,9-12H2,(H,19,20)/t15-/m1/s1. The van der Waals surface area contributed by atoms with Gasteiger partial charge in [-0.05, 0) is 43.7 Å². The molecule has 2 saturated heterocycles. The van der Waals surface area contributed by atoms with Gasteiger partial charge in [0.05, 0.1) is 5.60 Å². The molecule has 2 fully saturated rings. The van der Waals surface area contributed by atoms with Gasteiger partial charge in [0.25, 0.3) is 0 Å². The number of carbonyl (C=O) groups is 1. The third-order valence-corrected chi connectivity index (χ3v) is 4.63. The van der Waals surface area contributed by atoms with Crippen LogP contribution in [0.25, 0.3) is 0 Å². The number of aromatic nitrogens is 1. The second-order valence-electron chi connectivity index (χ2n) is 6.26. The number of aryl methyl sites for hydroxylation is 1. The zero-order valence-corrected chi connectivity index (χ0v) is 12.9. The van der Waals surface area contributed by atoms with E-state index in [4.69, 9.17) is 9.47 Å². The Morgan fingerprint density at radius 1 is 1.36 bits per heavy atom. The largest absolute Gasteiger partial charge is 0.381 e. The van der Waals surface area contributed by atoms with E-state index in [-0.39, 0.29) is 17.6 Å². The minimum atomic E-state index is -0.0716. The first-order chi connectivity index (χ1) is 10.8. The first-order valence-electron chi connectivity index (χ1n) is 8.16. The van der Waals surface area contributed by atoms with E-state index in [2.05, 4.69) is 10.3 Å². The first kappa shape index (κ1) is 15.4. The second-order valence-corrected chi connectivity index (χ2v) is 6.26. The summed E-state index contributed by atoms with van der Waals surface area (Å²) in [7, 11) is 0. The lowest BCUT2D eigenvalue weighted by Crippen LogP contribution is -2.51. The molecule has 0 bridgehead atoms. The molecule has 2 aliphatic heterocycles. The third kappa shape index (κ3) is 4.05. The van der Waals surface area contributed by atoms with E-state index in [0.717, 1.165) is 57.5 Å². The van der Waals surface area contributed by atoms with Gasteiger partial charge in [0.2, 0.25) is 5.91 Å². The first-order valence-corrected chi connectivity index (χ1v) is 8.16. The molecule has 5 heteroatoms. The normalized spacial score (nSPS) is 24.1. The maximum atomic E-state index is 12.2. The van der Waals surface area contributed by atoms with Crippen LogP contribution in [0, 0.1) is 0 Å². The smallest absolute Gasteiger partial charge is 0.220 e. The van der Waals surface area contributed by atoms with Crippen molar-refractivity contribution < 1.29 is 14.3 Å². The Balaban J connectivity index is 1.46. The van der Waals surface area contributed by atoms with Gasteiger partial charge in [-0.3, -0.25) is 9.78 Å². The monoisotopic (exact) mass is 304 g/mol. The molecular formula is C17H24N2O3. The maximum Gasteiger partial charge on any atom is 0.220 e. The summed E-state index contributed by atoms with van der Waals surface area (Å²) in [6.45, 7) is 2.26. The highest BCUT2D eigenvalue weighted by Gasteiger charge is 2.39. The lowest BCUT2D eigenvalue weighted by molar-refractivity contribution is -0.144. The lowest BCUT2D eigenvalue weighted by atomic mass is 9.84. The van der Waals surface area contributed by atoms with Crippen LogP contribution in [-0.2, 0) is 20.7 Å². The molecule has 0 aliphatic carbocycles. The van der Waals surface area contributed by atoms with E-state index >= 15 is 0 Å². The van der Waals surface area contributed by atoms with E-state index in [0.29, 0.717) is 6.42 Å². The number of hydrogen-bond donors (Lipinski definition) is 1. The van der Waals surface area contributed by atoms with Gasteiger partial charge in [0.1, 0.15) is 0 Å². The molecule has 22 heavy (non-hydrogen) atoms. The van der Waals surface area contributed by atoms with E-state index in [1.54, 1.807) is 6.20 Å². The highest BCUT2D eigenvalue weighted by molar-refractivity contribution is 5.76. The van der Waals surface area contributed by atoms with Crippen molar-refractivity contribution >= 4 is 5.91 Å². The van der Waals surface area contributed by atoms with Gasteiger partial charge in [0.15, 0.2) is 0 Å². The van der Waals surface area contributed by atoms with Crippen molar-refractivity contribution in [2.45, 2.75) is 50.2 Å². The van der Waals surface area contributed by atoms with Gasteiger partial charge in [-0.15, -0.1) is 0 Å². The highest BCUT2D eigenvalue weighted by atomic mass is 16.5. The molecule has 5 nitrogen and oxygen atoms in total. The van der Waals surface area contributed by atoms with Crippen LogP contribution < -0.4 is 5.32 Å². The number of nitrogens with zero attached hydrogens (tertiary/aromatic N) is 1. The number of pyridine rings is 1. The molecular weight excluding hydrogens is 280 g/mol. The number of nitrogens with one attached hydrogen (secondary N) is 1. The summed E-state index contributed by atoms with van der Waals surface area (Å²) < 4.78 is 11.4. The molecule has 1 amide bonds. The Bertz CT molecular complexity index is 480. The van der Waals surface area contributed by atoms with Crippen molar-refractivity contribution in [1.82, 2.24) is 10.3 Å². The molecule has 1 spiro atoms. The summed E-state index contributed by atoms with van der Waals surface area (Å²) in [5.41, 5.74) is 1.03. The maximum absolute atomic E-state index is 12.2. The molecule has 3 heterocycles. The number of amides is 1. The van der Waals surface area contributed by atoms with Crippen LogP contribution in [0.2, 0.25) is 0 Å². The van der Waals surface area contributed by atoms with Crippen molar-refractivity contribution in [2.75, 3.05) is 19.8 Å². The summed E-state index contributed by atoms with van der Waals surface area (Å²) >= 11 is 0. The molecule has 1 N–H and O–H groups in total. The van der Waals surface area contributed by atoms with Gasteiger partial charge in [-0.25, -0.2) is 0 Å². The van der Waals surface area contributed by atoms with Gasteiger partial charge < -0.3 is 14.8 Å². The van der Waals surface area contributed by atoms with E-state index < -0.39 is 0 Å². The highest BCUT2D eigenvalue weighted by Crippen LogP contribution is 2.34. The molecule has 0 radical (unpaired) electrons. The molecule has 120 valence electrons. The Hall–Kier alpha value is -1.46. The number of rotatable bonds is 4. The zero-order valence-electron chi connectivity index (χ0n) is 12.9. The van der Waals surface area contributed by atoms with Crippen LogP contribution in [0.1, 0.15) is 37.7 Å². The quantitative estimate of drug-likeness (QED) is 0.922. The summed E-state index contributed by atoms with van der Waals surface area (Å²) in [4.78, 5) is 16.2. The minimum Gasteiger partial charge on any atom is -0.381 e. The lowest BCUT2D eigenvalue weighted by Gasteiger charge is -2.43. The van der Waals surface area contributed by atoms with E-state index in [9.17, 15) is 4.79 Å².